The van der Waals surface area contributed by atoms with Gasteiger partial charge in [0.15, 0.2) is 0 Å². The maximum Gasteiger partial charge on any atom is 0.260 e. The third-order valence-electron chi connectivity index (χ3n) is 3.04. The summed E-state index contributed by atoms with van der Waals surface area (Å²) in [7, 11) is 3.22. The van der Waals surface area contributed by atoms with E-state index in [1.54, 1.807) is 32.4 Å². The smallest absolute Gasteiger partial charge is 0.260 e. The number of ether oxygens (including phenoxy) is 2. The Morgan fingerprint density at radius 2 is 2.00 bits per heavy atom. The van der Waals surface area contributed by atoms with Crippen molar-refractivity contribution in [3.05, 3.63) is 24.0 Å². The molecule has 0 fully saturated rings. The minimum Gasteiger partial charge on any atom is -0.497 e. The van der Waals surface area contributed by atoms with Gasteiger partial charge in [-0.05, 0) is 18.1 Å². The molecule has 0 saturated heterocycles. The quantitative estimate of drug-likeness (QED) is 0.846. The van der Waals surface area contributed by atoms with Crippen LogP contribution in [0.4, 0.5) is 5.69 Å². The van der Waals surface area contributed by atoms with Crippen LogP contribution in [0.2, 0.25) is 0 Å². The van der Waals surface area contributed by atoms with Crippen molar-refractivity contribution in [1.82, 2.24) is 10.1 Å². The minimum absolute atomic E-state index is 0.202. The molecule has 0 radical (unpaired) electrons. The lowest BCUT2D eigenvalue weighted by Crippen LogP contribution is -2.10. The molecule has 1 aromatic carbocycles. The van der Waals surface area contributed by atoms with Crippen molar-refractivity contribution in [2.24, 2.45) is 5.92 Å². The Balaban J connectivity index is 2.33. The summed E-state index contributed by atoms with van der Waals surface area (Å²) in [5, 5.41) is 3.97. The van der Waals surface area contributed by atoms with Crippen LogP contribution in [0, 0.1) is 5.92 Å². The summed E-state index contributed by atoms with van der Waals surface area (Å²) < 4.78 is 15.8. The molecule has 2 rings (SSSR count). The van der Waals surface area contributed by atoms with Gasteiger partial charge in [0.2, 0.25) is 5.82 Å². The fraction of sp³-hybridized carbons (Fsp3) is 0.429. The van der Waals surface area contributed by atoms with Crippen LogP contribution in [-0.2, 0) is 4.74 Å². The molecule has 1 heterocycles. The van der Waals surface area contributed by atoms with Crippen molar-refractivity contribution in [1.29, 1.82) is 0 Å². The highest BCUT2D eigenvalue weighted by atomic mass is 16.5. The Kier molecular flexibility index (Phi) is 4.24. The van der Waals surface area contributed by atoms with Crippen molar-refractivity contribution in [2.75, 3.05) is 20.0 Å². The summed E-state index contributed by atoms with van der Waals surface area (Å²) in [4.78, 5) is 4.37. The lowest BCUT2D eigenvalue weighted by atomic mass is 10.1. The molecule has 2 aromatic rings. The van der Waals surface area contributed by atoms with Gasteiger partial charge in [-0.25, -0.2) is 0 Å². The van der Waals surface area contributed by atoms with Gasteiger partial charge in [0, 0.05) is 18.9 Å². The first-order valence-corrected chi connectivity index (χ1v) is 6.37. The minimum atomic E-state index is -0.202. The maximum atomic E-state index is 5.97. The van der Waals surface area contributed by atoms with Gasteiger partial charge in [-0.3, -0.25) is 0 Å². The molecule has 0 saturated carbocycles. The van der Waals surface area contributed by atoms with Gasteiger partial charge in [-0.2, -0.15) is 4.98 Å². The molecule has 2 N–H and O–H groups in total. The van der Waals surface area contributed by atoms with E-state index in [9.17, 15) is 0 Å². The van der Waals surface area contributed by atoms with E-state index in [0.717, 1.165) is 0 Å². The van der Waals surface area contributed by atoms with Crippen LogP contribution >= 0.6 is 0 Å². The molecule has 0 spiro atoms. The number of methoxy groups -OCH3 is 2. The first-order valence-electron chi connectivity index (χ1n) is 6.37. The van der Waals surface area contributed by atoms with Crippen LogP contribution in [0.1, 0.15) is 25.8 Å². The van der Waals surface area contributed by atoms with E-state index < -0.39 is 0 Å². The second-order valence-electron chi connectivity index (χ2n) is 4.81. The third-order valence-corrected chi connectivity index (χ3v) is 3.04. The lowest BCUT2D eigenvalue weighted by molar-refractivity contribution is 0.0556. The summed E-state index contributed by atoms with van der Waals surface area (Å²) in [6, 6.07) is 5.31. The zero-order valence-corrected chi connectivity index (χ0v) is 12.1. The molecular formula is C14H19N3O3. The Hall–Kier alpha value is -2.08. The van der Waals surface area contributed by atoms with E-state index in [-0.39, 0.29) is 12.0 Å². The van der Waals surface area contributed by atoms with Crippen LogP contribution in [-0.4, -0.2) is 24.4 Å². The number of nitrogen functional groups attached to an aromatic ring is 1. The topological polar surface area (TPSA) is 83.4 Å². The van der Waals surface area contributed by atoms with E-state index in [1.807, 2.05) is 13.8 Å². The molecule has 1 unspecified atom stereocenters. The monoisotopic (exact) mass is 277 g/mol. The summed E-state index contributed by atoms with van der Waals surface area (Å²) in [5.74, 6) is 1.83. The predicted octanol–water partition coefficient (Wildman–Crippen LogP) is 2.67. The lowest BCUT2D eigenvalue weighted by Gasteiger charge is -2.14. The van der Waals surface area contributed by atoms with Gasteiger partial charge in [0.25, 0.3) is 5.89 Å². The van der Waals surface area contributed by atoms with Crippen LogP contribution in [0.25, 0.3) is 11.5 Å². The third kappa shape index (κ3) is 2.75. The van der Waals surface area contributed by atoms with Gasteiger partial charge in [0.1, 0.15) is 11.9 Å². The first-order chi connectivity index (χ1) is 9.56. The molecule has 0 amide bonds. The number of nitrogens with two attached hydrogens (primary N) is 1. The van der Waals surface area contributed by atoms with Gasteiger partial charge >= 0.3 is 0 Å². The van der Waals surface area contributed by atoms with Crippen molar-refractivity contribution in [2.45, 2.75) is 20.0 Å². The molecule has 20 heavy (non-hydrogen) atoms. The Morgan fingerprint density at radius 1 is 1.25 bits per heavy atom. The zero-order chi connectivity index (χ0) is 14.7. The van der Waals surface area contributed by atoms with Gasteiger partial charge in [-0.1, -0.05) is 19.0 Å². The molecule has 108 valence electrons. The van der Waals surface area contributed by atoms with Gasteiger partial charge in [0.05, 0.1) is 12.7 Å². The number of rotatable bonds is 5. The van der Waals surface area contributed by atoms with Crippen molar-refractivity contribution < 1.29 is 14.0 Å². The van der Waals surface area contributed by atoms with Crippen molar-refractivity contribution >= 4 is 5.69 Å². The van der Waals surface area contributed by atoms with Crippen molar-refractivity contribution in [3.8, 4) is 17.2 Å². The summed E-state index contributed by atoms with van der Waals surface area (Å²) >= 11 is 0. The number of hydrogen-bond acceptors (Lipinski definition) is 6. The molecule has 0 aliphatic carbocycles. The standard InChI is InChI=1S/C14H19N3O3/c1-8(2)12(19-4)13-16-14(20-17-13)10-6-5-9(18-3)7-11(10)15/h5-8,12H,15H2,1-4H3. The number of hydrogen-bond donors (Lipinski definition) is 1. The Bertz CT molecular complexity index is 581. The van der Waals surface area contributed by atoms with E-state index in [0.29, 0.717) is 28.7 Å². The van der Waals surface area contributed by atoms with Gasteiger partial charge in [-0.15, -0.1) is 0 Å². The Morgan fingerprint density at radius 3 is 2.55 bits per heavy atom. The average molecular weight is 277 g/mol. The molecule has 6 heteroatoms. The normalized spacial score (nSPS) is 12.7. The SMILES string of the molecule is COc1ccc(-c2nc(C(OC)C(C)C)no2)c(N)c1. The van der Waals surface area contributed by atoms with E-state index >= 15 is 0 Å². The fourth-order valence-electron chi connectivity index (χ4n) is 2.00. The second kappa shape index (κ2) is 5.92. The Labute approximate surface area is 117 Å². The van der Waals surface area contributed by atoms with Crippen LogP contribution in [0.15, 0.2) is 22.7 Å². The van der Waals surface area contributed by atoms with E-state index in [4.69, 9.17) is 19.7 Å². The van der Waals surface area contributed by atoms with Crippen LogP contribution < -0.4 is 10.5 Å². The molecule has 1 atom stereocenters. The molecule has 6 nitrogen and oxygen atoms in total. The fourth-order valence-corrected chi connectivity index (χ4v) is 2.00. The first kappa shape index (κ1) is 14.3. The predicted molar refractivity (Wildman–Crippen MR) is 75.3 cm³/mol. The second-order valence-corrected chi connectivity index (χ2v) is 4.81. The zero-order valence-electron chi connectivity index (χ0n) is 12.1. The summed E-state index contributed by atoms with van der Waals surface area (Å²) in [6.45, 7) is 4.07. The van der Waals surface area contributed by atoms with Crippen LogP contribution in [0.3, 0.4) is 0 Å². The molecular weight excluding hydrogens is 258 g/mol. The average Bonchev–Trinajstić information content (AvgIpc) is 2.88. The number of aromatic nitrogens is 2. The highest BCUT2D eigenvalue weighted by Crippen LogP contribution is 2.30. The summed E-state index contributed by atoms with van der Waals surface area (Å²) in [6.07, 6.45) is -0.202. The molecule has 0 aliphatic rings. The van der Waals surface area contributed by atoms with Crippen molar-refractivity contribution in [3.63, 3.8) is 0 Å². The highest BCUT2D eigenvalue weighted by molar-refractivity contribution is 5.71. The summed E-state index contributed by atoms with van der Waals surface area (Å²) in [5.41, 5.74) is 7.18. The van der Waals surface area contributed by atoms with E-state index in [2.05, 4.69) is 10.1 Å². The van der Waals surface area contributed by atoms with Gasteiger partial charge < -0.3 is 19.7 Å². The largest absolute Gasteiger partial charge is 0.497 e. The molecule has 0 bridgehead atoms. The van der Waals surface area contributed by atoms with E-state index in [1.165, 1.54) is 0 Å². The number of benzene rings is 1. The maximum absolute atomic E-state index is 5.97. The molecule has 0 aliphatic heterocycles. The number of anilines is 1. The molecule has 1 aromatic heterocycles. The van der Waals surface area contributed by atoms with Crippen LogP contribution in [0.5, 0.6) is 5.75 Å². The highest BCUT2D eigenvalue weighted by Gasteiger charge is 2.22. The number of nitrogens with zero attached hydrogens (tertiary/aromatic N) is 2.